The number of benzene rings is 2. The van der Waals surface area contributed by atoms with Gasteiger partial charge < -0.3 is 10.1 Å². The third-order valence-electron chi connectivity index (χ3n) is 5.46. The van der Waals surface area contributed by atoms with Crippen molar-refractivity contribution < 1.29 is 13.9 Å². The van der Waals surface area contributed by atoms with Gasteiger partial charge in [-0.25, -0.2) is 9.07 Å². The van der Waals surface area contributed by atoms with Gasteiger partial charge in [-0.3, -0.25) is 4.79 Å². The lowest BCUT2D eigenvalue weighted by molar-refractivity contribution is -0.116. The Bertz CT molecular complexity index is 1150. The number of nitrogens with zero attached hydrogens (tertiary/aromatic N) is 3. The highest BCUT2D eigenvalue weighted by atomic mass is 19.1. The number of ketones is 1. The smallest absolute Gasteiger partial charge is 0.226 e. The first kappa shape index (κ1) is 18.5. The Balaban J connectivity index is 1.61. The molecule has 0 fully saturated rings. The lowest BCUT2D eigenvalue weighted by atomic mass is 9.85. The third-order valence-corrected chi connectivity index (χ3v) is 5.46. The Labute approximate surface area is 173 Å². The molecule has 2 heterocycles. The van der Waals surface area contributed by atoms with Crippen molar-refractivity contribution in [3.8, 4) is 17.1 Å². The van der Waals surface area contributed by atoms with Gasteiger partial charge in [0.15, 0.2) is 11.6 Å². The van der Waals surface area contributed by atoms with Crippen molar-refractivity contribution in [1.82, 2.24) is 14.8 Å². The molecule has 1 aliphatic heterocycles. The molecule has 2 aromatic carbocycles. The van der Waals surface area contributed by atoms with Crippen molar-refractivity contribution in [2.45, 2.75) is 32.2 Å². The minimum Gasteiger partial charge on any atom is -0.494 e. The number of carbonyl (C=O) groups is 1. The van der Waals surface area contributed by atoms with Gasteiger partial charge in [0.25, 0.3) is 0 Å². The lowest BCUT2D eigenvalue weighted by Crippen LogP contribution is -2.31. The summed E-state index contributed by atoms with van der Waals surface area (Å²) >= 11 is 0. The quantitative estimate of drug-likeness (QED) is 0.693. The number of Topliss-reactive ketones (excluding diaryl/α,β-unsaturated/α-hetero) is 1. The summed E-state index contributed by atoms with van der Waals surface area (Å²) < 4.78 is 21.2. The Morgan fingerprint density at radius 3 is 2.80 bits per heavy atom. The van der Waals surface area contributed by atoms with E-state index in [0.29, 0.717) is 35.9 Å². The summed E-state index contributed by atoms with van der Waals surface area (Å²) in [5, 5.41) is 8.00. The van der Waals surface area contributed by atoms with Crippen LogP contribution in [0.5, 0.6) is 5.75 Å². The number of nitrogens with one attached hydrogen (secondary N) is 1. The SMILES string of the molecule is CCOc1ccc(-c2nc3n(n2)C(c2cccc(F)c2)C2=C(CCCC2=O)N3)cc1. The average molecular weight is 404 g/mol. The number of halogens is 1. The molecule has 0 amide bonds. The Morgan fingerprint density at radius 2 is 2.03 bits per heavy atom. The molecule has 152 valence electrons. The van der Waals surface area contributed by atoms with Gasteiger partial charge in [-0.1, -0.05) is 12.1 Å². The van der Waals surface area contributed by atoms with Crippen LogP contribution in [0.15, 0.2) is 59.8 Å². The first-order valence-corrected chi connectivity index (χ1v) is 10.1. The second kappa shape index (κ2) is 7.40. The van der Waals surface area contributed by atoms with Crippen molar-refractivity contribution in [2.75, 3.05) is 11.9 Å². The van der Waals surface area contributed by atoms with Crippen molar-refractivity contribution in [2.24, 2.45) is 0 Å². The Morgan fingerprint density at radius 1 is 1.20 bits per heavy atom. The molecule has 7 heteroatoms. The van der Waals surface area contributed by atoms with E-state index in [9.17, 15) is 9.18 Å². The first-order chi connectivity index (χ1) is 14.6. The van der Waals surface area contributed by atoms with Crippen molar-refractivity contribution >= 4 is 11.7 Å². The maximum Gasteiger partial charge on any atom is 0.226 e. The van der Waals surface area contributed by atoms with Crippen LogP contribution in [0.3, 0.4) is 0 Å². The number of anilines is 1. The number of rotatable bonds is 4. The highest BCUT2D eigenvalue weighted by molar-refractivity contribution is 5.99. The van der Waals surface area contributed by atoms with E-state index in [0.717, 1.165) is 29.9 Å². The van der Waals surface area contributed by atoms with Crippen LogP contribution in [0.25, 0.3) is 11.4 Å². The highest BCUT2D eigenvalue weighted by Gasteiger charge is 2.37. The maximum absolute atomic E-state index is 14.0. The highest BCUT2D eigenvalue weighted by Crippen LogP contribution is 2.40. The number of hydrogen-bond acceptors (Lipinski definition) is 5. The predicted molar refractivity (Wildman–Crippen MR) is 111 cm³/mol. The van der Waals surface area contributed by atoms with Crippen LogP contribution in [-0.2, 0) is 4.79 Å². The fourth-order valence-corrected chi connectivity index (χ4v) is 4.13. The topological polar surface area (TPSA) is 69.0 Å². The maximum atomic E-state index is 14.0. The Hall–Kier alpha value is -3.48. The average Bonchev–Trinajstić information content (AvgIpc) is 3.17. The van der Waals surface area contributed by atoms with Gasteiger partial charge in [0.2, 0.25) is 5.95 Å². The zero-order valence-corrected chi connectivity index (χ0v) is 16.6. The van der Waals surface area contributed by atoms with Crippen LogP contribution in [0.1, 0.15) is 37.8 Å². The standard InChI is InChI=1S/C23H21FN4O2/c1-2-30-17-11-9-14(10-12-17)22-26-23-25-18-7-4-8-19(29)20(18)21(28(23)27-22)15-5-3-6-16(24)13-15/h3,5-6,9-13,21H,2,4,7-8H2,1H3,(H,25,26,27). The van der Waals surface area contributed by atoms with E-state index in [1.807, 2.05) is 37.3 Å². The molecule has 30 heavy (non-hydrogen) atoms. The molecular weight excluding hydrogens is 383 g/mol. The van der Waals surface area contributed by atoms with Gasteiger partial charge in [-0.2, -0.15) is 4.98 Å². The Kier molecular flexibility index (Phi) is 4.58. The summed E-state index contributed by atoms with van der Waals surface area (Å²) in [6.07, 6.45) is 2.04. The summed E-state index contributed by atoms with van der Waals surface area (Å²) in [5.41, 5.74) is 3.04. The first-order valence-electron chi connectivity index (χ1n) is 10.1. The van der Waals surface area contributed by atoms with Gasteiger partial charge in [-0.15, -0.1) is 5.10 Å². The van der Waals surface area contributed by atoms with Crippen molar-refractivity contribution in [3.05, 3.63) is 71.2 Å². The molecule has 6 nitrogen and oxygen atoms in total. The van der Waals surface area contributed by atoms with Gasteiger partial charge in [-0.05, 0) is 61.7 Å². The van der Waals surface area contributed by atoms with E-state index in [1.165, 1.54) is 12.1 Å². The van der Waals surface area contributed by atoms with Gasteiger partial charge in [0, 0.05) is 23.3 Å². The molecule has 3 aromatic rings. The van der Waals surface area contributed by atoms with E-state index in [1.54, 1.807) is 10.7 Å². The molecule has 1 aromatic heterocycles. The van der Waals surface area contributed by atoms with E-state index in [2.05, 4.69) is 10.3 Å². The molecule has 2 aliphatic rings. The number of hydrogen-bond donors (Lipinski definition) is 1. The van der Waals surface area contributed by atoms with Gasteiger partial charge in [0.05, 0.1) is 6.61 Å². The molecule has 1 unspecified atom stereocenters. The van der Waals surface area contributed by atoms with Crippen LogP contribution in [0, 0.1) is 5.82 Å². The van der Waals surface area contributed by atoms with Crippen LogP contribution >= 0.6 is 0 Å². The van der Waals surface area contributed by atoms with Crippen LogP contribution in [-0.4, -0.2) is 27.2 Å². The number of carbonyl (C=O) groups excluding carboxylic acids is 1. The molecule has 0 bridgehead atoms. The summed E-state index contributed by atoms with van der Waals surface area (Å²) in [7, 11) is 0. The number of fused-ring (bicyclic) bond motifs is 1. The normalized spacial score (nSPS) is 17.9. The lowest BCUT2D eigenvalue weighted by Gasteiger charge is -2.32. The van der Waals surface area contributed by atoms with E-state index in [4.69, 9.17) is 9.84 Å². The van der Waals surface area contributed by atoms with E-state index >= 15 is 0 Å². The number of allylic oxidation sites excluding steroid dienone is 2. The number of ether oxygens (including phenoxy) is 1. The summed E-state index contributed by atoms with van der Waals surface area (Å²) in [6.45, 7) is 2.54. The van der Waals surface area contributed by atoms with Crippen molar-refractivity contribution in [1.29, 1.82) is 0 Å². The van der Waals surface area contributed by atoms with E-state index < -0.39 is 6.04 Å². The predicted octanol–water partition coefficient (Wildman–Crippen LogP) is 4.50. The van der Waals surface area contributed by atoms with Crippen LogP contribution < -0.4 is 10.1 Å². The second-order valence-electron chi connectivity index (χ2n) is 7.41. The zero-order chi connectivity index (χ0) is 20.7. The molecule has 5 rings (SSSR count). The van der Waals surface area contributed by atoms with E-state index in [-0.39, 0.29) is 11.6 Å². The minimum absolute atomic E-state index is 0.0711. The fraction of sp³-hybridized carbons (Fsp3) is 0.261. The molecule has 1 N–H and O–H groups in total. The van der Waals surface area contributed by atoms with Crippen LogP contribution in [0.4, 0.5) is 10.3 Å². The number of aromatic nitrogens is 3. The summed E-state index contributed by atoms with van der Waals surface area (Å²) in [5.74, 6) is 1.60. The molecule has 0 spiro atoms. The van der Waals surface area contributed by atoms with Crippen LogP contribution in [0.2, 0.25) is 0 Å². The van der Waals surface area contributed by atoms with Gasteiger partial charge in [0.1, 0.15) is 17.6 Å². The van der Waals surface area contributed by atoms with Gasteiger partial charge >= 0.3 is 0 Å². The molecular formula is C23H21FN4O2. The molecule has 0 saturated carbocycles. The molecule has 1 atom stereocenters. The monoisotopic (exact) mass is 404 g/mol. The summed E-state index contributed by atoms with van der Waals surface area (Å²) in [6, 6.07) is 13.4. The minimum atomic E-state index is -0.497. The molecule has 0 radical (unpaired) electrons. The zero-order valence-electron chi connectivity index (χ0n) is 16.6. The largest absolute Gasteiger partial charge is 0.494 e. The summed E-state index contributed by atoms with van der Waals surface area (Å²) in [4.78, 5) is 17.5. The van der Waals surface area contributed by atoms with Crippen molar-refractivity contribution in [3.63, 3.8) is 0 Å². The fourth-order valence-electron chi connectivity index (χ4n) is 4.13. The molecule has 1 aliphatic carbocycles. The molecule has 0 saturated heterocycles. The second-order valence-corrected chi connectivity index (χ2v) is 7.41. The third kappa shape index (κ3) is 3.16.